The van der Waals surface area contributed by atoms with E-state index < -0.39 is 0 Å². The lowest BCUT2D eigenvalue weighted by molar-refractivity contribution is 0.0894. The minimum atomic E-state index is -0.307. The van der Waals surface area contributed by atoms with E-state index in [0.29, 0.717) is 11.5 Å². The molecule has 26 heavy (non-hydrogen) atoms. The van der Waals surface area contributed by atoms with Crippen molar-refractivity contribution in [1.29, 1.82) is 0 Å². The van der Waals surface area contributed by atoms with E-state index in [2.05, 4.69) is 43.2 Å². The van der Waals surface area contributed by atoms with Crippen LogP contribution in [0.5, 0.6) is 0 Å². The van der Waals surface area contributed by atoms with Gasteiger partial charge in [-0.1, -0.05) is 44.2 Å². The summed E-state index contributed by atoms with van der Waals surface area (Å²) in [5.41, 5.74) is 2.41. The molecule has 0 aliphatic heterocycles. The molecular weight excluding hydrogens is 322 g/mol. The van der Waals surface area contributed by atoms with Crippen LogP contribution in [0.15, 0.2) is 54.9 Å². The predicted molar refractivity (Wildman–Crippen MR) is 106 cm³/mol. The molecule has 2 heterocycles. The maximum absolute atomic E-state index is 12.9. The Balaban J connectivity index is 1.83. The van der Waals surface area contributed by atoms with Crippen molar-refractivity contribution in [2.75, 3.05) is 0 Å². The standard InChI is InChI=1S/C22H27N3O/c1-16(2)13-22(3,14-17-8-6-5-7-9-17)24-21(26)19-12-18-10-11-25(4)20(18)23-15-19/h5-12,15-16H,13-14H2,1-4H3,(H,24,26). The molecule has 1 unspecified atom stereocenters. The number of pyridine rings is 1. The first-order valence-corrected chi connectivity index (χ1v) is 9.14. The molecule has 0 saturated carbocycles. The van der Waals surface area contributed by atoms with Crippen LogP contribution < -0.4 is 5.32 Å². The van der Waals surface area contributed by atoms with Gasteiger partial charge in [0.05, 0.1) is 5.56 Å². The molecule has 3 aromatic rings. The van der Waals surface area contributed by atoms with E-state index in [1.165, 1.54) is 5.56 Å². The molecule has 0 aliphatic carbocycles. The molecule has 2 aromatic heterocycles. The fourth-order valence-electron chi connectivity index (χ4n) is 3.74. The molecule has 4 heteroatoms. The maximum Gasteiger partial charge on any atom is 0.253 e. The first-order chi connectivity index (χ1) is 12.4. The second-order valence-corrected chi connectivity index (χ2v) is 7.84. The largest absolute Gasteiger partial charge is 0.346 e. The van der Waals surface area contributed by atoms with Crippen LogP contribution in [0.3, 0.4) is 0 Å². The zero-order valence-corrected chi connectivity index (χ0v) is 16.0. The van der Waals surface area contributed by atoms with Crippen molar-refractivity contribution in [3.8, 4) is 0 Å². The zero-order valence-electron chi connectivity index (χ0n) is 16.0. The monoisotopic (exact) mass is 349 g/mol. The van der Waals surface area contributed by atoms with Gasteiger partial charge in [0.15, 0.2) is 0 Å². The number of benzene rings is 1. The van der Waals surface area contributed by atoms with Gasteiger partial charge in [0.25, 0.3) is 5.91 Å². The van der Waals surface area contributed by atoms with Crippen molar-refractivity contribution in [3.05, 3.63) is 66.0 Å². The lowest BCUT2D eigenvalue weighted by Gasteiger charge is -2.33. The molecule has 0 bridgehead atoms. The normalized spacial score (nSPS) is 13.7. The number of carbonyl (C=O) groups excluding carboxylic acids is 1. The van der Waals surface area contributed by atoms with Crippen LogP contribution >= 0.6 is 0 Å². The summed E-state index contributed by atoms with van der Waals surface area (Å²) in [4.78, 5) is 17.4. The highest BCUT2D eigenvalue weighted by Crippen LogP contribution is 2.23. The number of hydrogen-bond donors (Lipinski definition) is 1. The predicted octanol–water partition coefficient (Wildman–Crippen LogP) is 4.35. The number of amides is 1. The molecule has 3 rings (SSSR count). The summed E-state index contributed by atoms with van der Waals surface area (Å²) < 4.78 is 1.95. The number of carbonyl (C=O) groups is 1. The van der Waals surface area contributed by atoms with Gasteiger partial charge in [0.2, 0.25) is 0 Å². The SMILES string of the molecule is CC(C)CC(C)(Cc1ccccc1)NC(=O)c1cnc2c(ccn2C)c1. The summed E-state index contributed by atoms with van der Waals surface area (Å²) in [6, 6.07) is 14.2. The third kappa shape index (κ3) is 4.13. The van der Waals surface area contributed by atoms with Crippen LogP contribution in [0, 0.1) is 5.92 Å². The van der Waals surface area contributed by atoms with Gasteiger partial charge in [0, 0.05) is 30.4 Å². The average molecular weight is 349 g/mol. The maximum atomic E-state index is 12.9. The van der Waals surface area contributed by atoms with Gasteiger partial charge in [-0.3, -0.25) is 4.79 Å². The van der Waals surface area contributed by atoms with Crippen molar-refractivity contribution in [2.24, 2.45) is 13.0 Å². The summed E-state index contributed by atoms with van der Waals surface area (Å²) >= 11 is 0. The van der Waals surface area contributed by atoms with E-state index >= 15 is 0 Å². The summed E-state index contributed by atoms with van der Waals surface area (Å²) in [6.07, 6.45) is 5.33. The Kier molecular flexibility index (Phi) is 5.12. The number of aromatic nitrogens is 2. The Morgan fingerprint density at radius 2 is 1.96 bits per heavy atom. The van der Waals surface area contributed by atoms with Crippen LogP contribution in [0.1, 0.15) is 43.1 Å². The smallest absolute Gasteiger partial charge is 0.253 e. The lowest BCUT2D eigenvalue weighted by Crippen LogP contribution is -2.48. The Hall–Kier alpha value is -2.62. The lowest BCUT2D eigenvalue weighted by atomic mass is 9.84. The molecule has 1 amide bonds. The quantitative estimate of drug-likeness (QED) is 0.719. The van der Waals surface area contributed by atoms with Crippen molar-refractivity contribution < 1.29 is 4.79 Å². The highest BCUT2D eigenvalue weighted by Gasteiger charge is 2.28. The Morgan fingerprint density at radius 1 is 1.23 bits per heavy atom. The van der Waals surface area contributed by atoms with Crippen LogP contribution in [0.25, 0.3) is 11.0 Å². The molecule has 0 saturated heterocycles. The van der Waals surface area contributed by atoms with E-state index in [1.807, 2.05) is 48.1 Å². The first-order valence-electron chi connectivity index (χ1n) is 9.14. The molecule has 0 aliphatic rings. The molecule has 1 atom stereocenters. The van der Waals surface area contributed by atoms with Gasteiger partial charge in [-0.2, -0.15) is 0 Å². The van der Waals surface area contributed by atoms with Crippen LogP contribution in [0.2, 0.25) is 0 Å². The fraction of sp³-hybridized carbons (Fsp3) is 0.364. The van der Waals surface area contributed by atoms with E-state index in [1.54, 1.807) is 6.20 Å². The third-order valence-corrected chi connectivity index (χ3v) is 4.68. The molecule has 136 valence electrons. The molecule has 0 spiro atoms. The molecule has 4 nitrogen and oxygen atoms in total. The van der Waals surface area contributed by atoms with Gasteiger partial charge >= 0.3 is 0 Å². The average Bonchev–Trinajstić information content (AvgIpc) is 2.95. The van der Waals surface area contributed by atoms with E-state index in [9.17, 15) is 4.79 Å². The first kappa shape index (κ1) is 18.2. The fourth-order valence-corrected chi connectivity index (χ4v) is 3.74. The molecular formula is C22H27N3O. The third-order valence-electron chi connectivity index (χ3n) is 4.68. The topological polar surface area (TPSA) is 46.9 Å². The number of rotatable bonds is 6. The Labute approximate surface area is 155 Å². The van der Waals surface area contributed by atoms with E-state index in [0.717, 1.165) is 23.9 Å². The van der Waals surface area contributed by atoms with Crippen LogP contribution in [0.4, 0.5) is 0 Å². The van der Waals surface area contributed by atoms with Gasteiger partial charge in [-0.25, -0.2) is 4.98 Å². The van der Waals surface area contributed by atoms with Crippen molar-refractivity contribution in [3.63, 3.8) is 0 Å². The summed E-state index contributed by atoms with van der Waals surface area (Å²) in [6.45, 7) is 6.51. The summed E-state index contributed by atoms with van der Waals surface area (Å²) in [7, 11) is 1.95. The van der Waals surface area contributed by atoms with E-state index in [-0.39, 0.29) is 11.4 Å². The number of fused-ring (bicyclic) bond motifs is 1. The highest BCUT2D eigenvalue weighted by molar-refractivity contribution is 5.97. The molecule has 1 aromatic carbocycles. The van der Waals surface area contributed by atoms with Gasteiger partial charge in [-0.05, 0) is 43.4 Å². The van der Waals surface area contributed by atoms with Crippen molar-refractivity contribution in [1.82, 2.24) is 14.9 Å². The minimum absolute atomic E-state index is 0.0673. The van der Waals surface area contributed by atoms with Crippen LogP contribution in [-0.4, -0.2) is 21.0 Å². The number of nitrogens with zero attached hydrogens (tertiary/aromatic N) is 2. The Bertz CT molecular complexity index is 898. The minimum Gasteiger partial charge on any atom is -0.346 e. The molecule has 1 N–H and O–H groups in total. The summed E-state index contributed by atoms with van der Waals surface area (Å²) in [5.74, 6) is 0.418. The second kappa shape index (κ2) is 7.32. The number of hydrogen-bond acceptors (Lipinski definition) is 2. The van der Waals surface area contributed by atoms with Crippen molar-refractivity contribution in [2.45, 2.75) is 39.2 Å². The van der Waals surface area contributed by atoms with Gasteiger partial charge < -0.3 is 9.88 Å². The van der Waals surface area contributed by atoms with Crippen molar-refractivity contribution >= 4 is 16.9 Å². The summed E-state index contributed by atoms with van der Waals surface area (Å²) in [5, 5.41) is 4.26. The number of aryl methyl sites for hydroxylation is 1. The highest BCUT2D eigenvalue weighted by atomic mass is 16.1. The molecule has 0 radical (unpaired) electrons. The second-order valence-electron chi connectivity index (χ2n) is 7.84. The van der Waals surface area contributed by atoms with E-state index in [4.69, 9.17) is 0 Å². The Morgan fingerprint density at radius 3 is 2.65 bits per heavy atom. The van der Waals surface area contributed by atoms with Gasteiger partial charge in [0.1, 0.15) is 5.65 Å². The number of nitrogens with one attached hydrogen (secondary N) is 1. The zero-order chi connectivity index (χ0) is 18.7. The molecule has 0 fully saturated rings. The van der Waals surface area contributed by atoms with Crippen LogP contribution in [-0.2, 0) is 13.5 Å². The van der Waals surface area contributed by atoms with Gasteiger partial charge in [-0.15, -0.1) is 0 Å².